The zero-order valence-electron chi connectivity index (χ0n) is 12.3. The molecule has 0 spiro atoms. The highest BCUT2D eigenvalue weighted by Crippen LogP contribution is 2.30. The third-order valence-corrected chi connectivity index (χ3v) is 4.00. The Labute approximate surface area is 117 Å². The smallest absolute Gasteiger partial charge is 0.313 e. The van der Waals surface area contributed by atoms with E-state index in [4.69, 9.17) is 15.2 Å². The molecule has 0 radical (unpaired) electrons. The van der Waals surface area contributed by atoms with Crippen LogP contribution in [0.1, 0.15) is 58.3 Å². The van der Waals surface area contributed by atoms with Crippen LogP contribution in [0.5, 0.6) is 0 Å². The molecule has 0 aliphatic carbocycles. The van der Waals surface area contributed by atoms with Gasteiger partial charge >= 0.3 is 5.97 Å². The van der Waals surface area contributed by atoms with Crippen molar-refractivity contribution in [3.05, 3.63) is 0 Å². The molecule has 1 saturated heterocycles. The highest BCUT2D eigenvalue weighted by atomic mass is 16.5. The summed E-state index contributed by atoms with van der Waals surface area (Å²) in [5.41, 5.74) is 5.28. The third kappa shape index (κ3) is 5.49. The number of carbonyl (C=O) groups is 1. The summed E-state index contributed by atoms with van der Waals surface area (Å²) < 4.78 is 10.7. The molecule has 0 bridgehead atoms. The van der Waals surface area contributed by atoms with E-state index >= 15 is 0 Å². The summed E-state index contributed by atoms with van der Waals surface area (Å²) in [4.78, 5) is 12.1. The minimum atomic E-state index is -0.486. The molecule has 0 aromatic heterocycles. The van der Waals surface area contributed by atoms with Gasteiger partial charge in [-0.15, -0.1) is 0 Å². The van der Waals surface area contributed by atoms with E-state index < -0.39 is 5.41 Å². The molecule has 19 heavy (non-hydrogen) atoms. The largest absolute Gasteiger partial charge is 0.465 e. The number of hydrogen-bond donors (Lipinski definition) is 1. The van der Waals surface area contributed by atoms with Crippen molar-refractivity contribution in [3.8, 4) is 0 Å². The van der Waals surface area contributed by atoms with Crippen molar-refractivity contribution < 1.29 is 14.3 Å². The molecule has 1 fully saturated rings. The first-order chi connectivity index (χ1) is 9.25. The fraction of sp³-hybridized carbons (Fsp3) is 0.933. The molecule has 0 amide bonds. The van der Waals surface area contributed by atoms with Crippen LogP contribution in [0.2, 0.25) is 0 Å². The average molecular weight is 271 g/mol. The molecule has 4 heteroatoms. The van der Waals surface area contributed by atoms with Gasteiger partial charge in [0.15, 0.2) is 0 Å². The van der Waals surface area contributed by atoms with Crippen LogP contribution in [-0.2, 0) is 14.3 Å². The topological polar surface area (TPSA) is 61.5 Å². The Kier molecular flexibility index (Phi) is 8.07. The number of hydrogen-bond acceptors (Lipinski definition) is 4. The minimum absolute atomic E-state index is 0.119. The summed E-state index contributed by atoms with van der Waals surface area (Å²) in [6, 6.07) is 0. The van der Waals surface area contributed by atoms with Gasteiger partial charge in [-0.3, -0.25) is 4.79 Å². The van der Waals surface area contributed by atoms with E-state index in [1.807, 2.05) is 0 Å². The Hall–Kier alpha value is -0.610. The van der Waals surface area contributed by atoms with Crippen molar-refractivity contribution in [2.45, 2.75) is 58.3 Å². The van der Waals surface area contributed by atoms with Crippen molar-refractivity contribution in [3.63, 3.8) is 0 Å². The lowest BCUT2D eigenvalue weighted by molar-refractivity contribution is -0.161. The lowest BCUT2D eigenvalue weighted by Crippen LogP contribution is -2.44. The second-order valence-corrected chi connectivity index (χ2v) is 5.50. The number of rotatable bonds is 9. The highest BCUT2D eigenvalue weighted by Gasteiger charge is 2.40. The number of carbonyl (C=O) groups excluding carboxylic acids is 1. The highest BCUT2D eigenvalue weighted by molar-refractivity contribution is 5.77. The zero-order chi connectivity index (χ0) is 14.0. The van der Waals surface area contributed by atoms with Gasteiger partial charge in [0.1, 0.15) is 0 Å². The van der Waals surface area contributed by atoms with Crippen LogP contribution in [0.15, 0.2) is 0 Å². The summed E-state index contributed by atoms with van der Waals surface area (Å²) in [6.07, 6.45) is 8.58. The molecule has 0 saturated carbocycles. The Morgan fingerprint density at radius 3 is 2.42 bits per heavy atom. The van der Waals surface area contributed by atoms with Crippen LogP contribution in [-0.4, -0.2) is 32.3 Å². The summed E-state index contributed by atoms with van der Waals surface area (Å²) in [5, 5.41) is 0. The molecule has 112 valence electrons. The van der Waals surface area contributed by atoms with Gasteiger partial charge in [-0.25, -0.2) is 0 Å². The van der Waals surface area contributed by atoms with Gasteiger partial charge in [0, 0.05) is 19.8 Å². The van der Waals surface area contributed by atoms with Gasteiger partial charge < -0.3 is 15.2 Å². The van der Waals surface area contributed by atoms with Gasteiger partial charge in [0.25, 0.3) is 0 Å². The van der Waals surface area contributed by atoms with Crippen LogP contribution in [0.4, 0.5) is 0 Å². The summed E-state index contributed by atoms with van der Waals surface area (Å²) in [6.45, 7) is 4.34. The van der Waals surface area contributed by atoms with Gasteiger partial charge in [0.05, 0.1) is 12.0 Å². The maximum atomic E-state index is 12.1. The first-order valence-corrected chi connectivity index (χ1v) is 7.70. The Morgan fingerprint density at radius 1 is 1.16 bits per heavy atom. The molecule has 1 heterocycles. The monoisotopic (exact) mass is 271 g/mol. The maximum Gasteiger partial charge on any atom is 0.313 e. The van der Waals surface area contributed by atoms with Crippen molar-refractivity contribution in [2.75, 3.05) is 26.4 Å². The fourth-order valence-electron chi connectivity index (χ4n) is 2.45. The normalized spacial score (nSPS) is 18.2. The fourth-order valence-corrected chi connectivity index (χ4v) is 2.45. The van der Waals surface area contributed by atoms with Gasteiger partial charge in [-0.2, -0.15) is 0 Å². The van der Waals surface area contributed by atoms with Crippen LogP contribution in [0, 0.1) is 5.41 Å². The molecule has 0 aromatic carbocycles. The lowest BCUT2D eigenvalue weighted by atomic mass is 9.80. The molecular formula is C15H29NO3. The second-order valence-electron chi connectivity index (χ2n) is 5.50. The van der Waals surface area contributed by atoms with Gasteiger partial charge in [-0.05, 0) is 19.3 Å². The maximum absolute atomic E-state index is 12.1. The van der Waals surface area contributed by atoms with Crippen LogP contribution in [0.3, 0.4) is 0 Å². The van der Waals surface area contributed by atoms with Crippen molar-refractivity contribution in [1.29, 1.82) is 0 Å². The van der Waals surface area contributed by atoms with Crippen molar-refractivity contribution in [2.24, 2.45) is 11.1 Å². The number of unbranched alkanes of at least 4 members (excludes halogenated alkanes) is 5. The Balaban J connectivity index is 2.15. The predicted octanol–water partition coefficient (Wildman–Crippen LogP) is 2.65. The van der Waals surface area contributed by atoms with E-state index in [0.29, 0.717) is 39.2 Å². The van der Waals surface area contributed by atoms with Crippen LogP contribution < -0.4 is 5.73 Å². The number of nitrogens with two attached hydrogens (primary N) is 1. The average Bonchev–Trinajstić information content (AvgIpc) is 2.46. The minimum Gasteiger partial charge on any atom is -0.465 e. The standard InChI is InChI=1S/C15H29NO3/c1-2-3-4-5-6-7-10-19-14(17)15(13-16)8-11-18-12-9-15/h2-13,16H2,1H3. The molecule has 2 N–H and O–H groups in total. The van der Waals surface area contributed by atoms with Crippen molar-refractivity contribution in [1.82, 2.24) is 0 Å². The van der Waals surface area contributed by atoms with E-state index in [9.17, 15) is 4.79 Å². The predicted molar refractivity (Wildman–Crippen MR) is 75.9 cm³/mol. The molecule has 1 aliphatic heterocycles. The quantitative estimate of drug-likeness (QED) is 0.517. The van der Waals surface area contributed by atoms with Gasteiger partial charge in [-0.1, -0.05) is 39.0 Å². The Bertz CT molecular complexity index is 250. The summed E-state index contributed by atoms with van der Waals surface area (Å²) >= 11 is 0. The van der Waals surface area contributed by atoms with Crippen LogP contribution >= 0.6 is 0 Å². The molecule has 1 aliphatic rings. The van der Waals surface area contributed by atoms with E-state index in [-0.39, 0.29) is 5.97 Å². The first-order valence-electron chi connectivity index (χ1n) is 7.70. The molecule has 0 atom stereocenters. The summed E-state index contributed by atoms with van der Waals surface area (Å²) in [7, 11) is 0. The third-order valence-electron chi connectivity index (χ3n) is 4.00. The zero-order valence-corrected chi connectivity index (χ0v) is 12.3. The molecule has 0 aromatic rings. The Morgan fingerprint density at radius 2 is 1.79 bits per heavy atom. The van der Waals surface area contributed by atoms with Crippen LogP contribution in [0.25, 0.3) is 0 Å². The molecular weight excluding hydrogens is 242 g/mol. The van der Waals surface area contributed by atoms with E-state index in [0.717, 1.165) is 12.8 Å². The second kappa shape index (κ2) is 9.32. The number of ether oxygens (including phenoxy) is 2. The molecule has 4 nitrogen and oxygen atoms in total. The first kappa shape index (κ1) is 16.4. The van der Waals surface area contributed by atoms with E-state index in [1.54, 1.807) is 0 Å². The van der Waals surface area contributed by atoms with Gasteiger partial charge in [0.2, 0.25) is 0 Å². The van der Waals surface area contributed by atoms with E-state index in [2.05, 4.69) is 6.92 Å². The number of esters is 1. The van der Waals surface area contributed by atoms with Crippen molar-refractivity contribution >= 4 is 5.97 Å². The van der Waals surface area contributed by atoms with E-state index in [1.165, 1.54) is 25.7 Å². The SMILES string of the molecule is CCCCCCCCOC(=O)C1(CN)CCOCC1. The molecule has 1 rings (SSSR count). The summed E-state index contributed by atoms with van der Waals surface area (Å²) in [5.74, 6) is -0.119. The molecule has 0 unspecified atom stereocenters. The lowest BCUT2D eigenvalue weighted by Gasteiger charge is -2.33.